The first-order valence-electron chi connectivity index (χ1n) is 9.28. The second-order valence-corrected chi connectivity index (χ2v) is 9.54. The summed E-state index contributed by atoms with van der Waals surface area (Å²) in [6.07, 6.45) is 1.25. The Hall–Kier alpha value is -1.86. The number of likely N-dealkylation sites (tertiary alicyclic amines) is 1. The fraction of sp³-hybridized carbons (Fsp3) is 0.250. The third kappa shape index (κ3) is 3.78. The molecule has 0 unspecified atom stereocenters. The fourth-order valence-corrected chi connectivity index (χ4v) is 6.19. The molecule has 0 bridgehead atoms. The molecule has 3 aromatic rings. The molecule has 0 spiro atoms. The minimum absolute atomic E-state index is 0.284. The molecular formula is C24H25NSe. The number of nitrogens with zero attached hydrogens (tertiary/aromatic N) is 1. The van der Waals surface area contributed by atoms with Gasteiger partial charge in [-0.1, -0.05) is 0 Å². The second-order valence-electron chi connectivity index (χ2n) is 7.34. The molecule has 1 aliphatic rings. The van der Waals surface area contributed by atoms with Gasteiger partial charge in [0.15, 0.2) is 0 Å². The molecule has 0 aliphatic carbocycles. The van der Waals surface area contributed by atoms with Crippen LogP contribution in [0.3, 0.4) is 0 Å². The van der Waals surface area contributed by atoms with Gasteiger partial charge in [-0.15, -0.1) is 0 Å². The predicted octanol–water partition coefficient (Wildman–Crippen LogP) is 4.84. The minimum atomic E-state index is 0.284. The van der Waals surface area contributed by atoms with Crippen molar-refractivity contribution in [3.63, 3.8) is 0 Å². The van der Waals surface area contributed by atoms with Crippen molar-refractivity contribution in [1.29, 1.82) is 0 Å². The summed E-state index contributed by atoms with van der Waals surface area (Å²) in [4.78, 5) is 2.72. The van der Waals surface area contributed by atoms with E-state index in [1.807, 2.05) is 0 Å². The molecule has 0 saturated carbocycles. The number of hydrogen-bond acceptors (Lipinski definition) is 1. The summed E-state index contributed by atoms with van der Waals surface area (Å²) < 4.78 is 1.50. The Morgan fingerprint density at radius 1 is 0.846 bits per heavy atom. The average molecular weight is 406 g/mol. The molecule has 0 aromatic heterocycles. The van der Waals surface area contributed by atoms with E-state index in [4.69, 9.17) is 0 Å². The van der Waals surface area contributed by atoms with E-state index >= 15 is 0 Å². The molecule has 2 heteroatoms. The van der Waals surface area contributed by atoms with E-state index < -0.39 is 0 Å². The van der Waals surface area contributed by atoms with E-state index in [9.17, 15) is 0 Å². The fourth-order valence-electron chi connectivity index (χ4n) is 3.86. The zero-order valence-corrected chi connectivity index (χ0v) is 16.9. The summed E-state index contributed by atoms with van der Waals surface area (Å²) in [5, 5.41) is 1.26. The molecule has 1 heterocycles. The molecule has 132 valence electrons. The van der Waals surface area contributed by atoms with Gasteiger partial charge in [-0.05, 0) is 0 Å². The maximum absolute atomic E-state index is 2.72. The Kier molecular flexibility index (Phi) is 5.26. The Balaban J connectivity index is 1.53. The summed E-state index contributed by atoms with van der Waals surface area (Å²) in [6, 6.07) is 33.4. The molecule has 1 nitrogen and oxygen atoms in total. The van der Waals surface area contributed by atoms with E-state index in [0.717, 1.165) is 6.54 Å². The van der Waals surface area contributed by atoms with Crippen LogP contribution in [0.2, 0.25) is 5.32 Å². The van der Waals surface area contributed by atoms with E-state index in [2.05, 4.69) is 103 Å². The summed E-state index contributed by atoms with van der Waals surface area (Å²) in [7, 11) is 0. The van der Waals surface area contributed by atoms with Gasteiger partial charge in [0, 0.05) is 0 Å². The van der Waals surface area contributed by atoms with Crippen molar-refractivity contribution in [3.05, 3.63) is 102 Å². The van der Waals surface area contributed by atoms with Gasteiger partial charge in [-0.3, -0.25) is 0 Å². The summed E-state index contributed by atoms with van der Waals surface area (Å²) in [6.45, 7) is 3.49. The molecule has 0 radical (unpaired) electrons. The first kappa shape index (κ1) is 17.5. The number of hydrogen-bond donors (Lipinski definition) is 0. The molecule has 0 amide bonds. The van der Waals surface area contributed by atoms with Crippen LogP contribution in [0.25, 0.3) is 0 Å². The average Bonchev–Trinajstić information content (AvgIpc) is 2.71. The summed E-state index contributed by atoms with van der Waals surface area (Å²) in [5.41, 5.74) is 3.14. The molecule has 3 aromatic carbocycles. The third-order valence-corrected chi connectivity index (χ3v) is 8.25. The van der Waals surface area contributed by atoms with Crippen molar-refractivity contribution in [2.45, 2.75) is 36.8 Å². The van der Waals surface area contributed by atoms with E-state index in [0.29, 0.717) is 21.0 Å². The van der Waals surface area contributed by atoms with Gasteiger partial charge in [-0.2, -0.15) is 0 Å². The Morgan fingerprint density at radius 3 is 2.08 bits per heavy atom. The quantitative estimate of drug-likeness (QED) is 0.530. The molecule has 4 rings (SSSR count). The van der Waals surface area contributed by atoms with Crippen LogP contribution in [0.4, 0.5) is 0 Å². The zero-order chi connectivity index (χ0) is 17.8. The van der Waals surface area contributed by atoms with Gasteiger partial charge < -0.3 is 0 Å². The summed E-state index contributed by atoms with van der Waals surface area (Å²) >= 11 is 0.520. The van der Waals surface area contributed by atoms with Crippen LogP contribution < -0.4 is 4.46 Å². The van der Waals surface area contributed by atoms with Crippen LogP contribution in [0.5, 0.6) is 0 Å². The van der Waals surface area contributed by atoms with Gasteiger partial charge in [0.05, 0.1) is 0 Å². The first-order chi connectivity index (χ1) is 12.7. The first-order valence-corrected chi connectivity index (χ1v) is 11.3. The number of rotatable bonds is 6. The summed E-state index contributed by atoms with van der Waals surface area (Å²) in [5.74, 6) is 0. The molecule has 26 heavy (non-hydrogen) atoms. The van der Waals surface area contributed by atoms with Crippen molar-refractivity contribution < 1.29 is 0 Å². The van der Waals surface area contributed by atoms with Gasteiger partial charge in [0.1, 0.15) is 0 Å². The van der Waals surface area contributed by atoms with Gasteiger partial charge >= 0.3 is 163 Å². The Labute approximate surface area is 163 Å². The monoisotopic (exact) mass is 407 g/mol. The topological polar surface area (TPSA) is 3.24 Å². The molecule has 1 aliphatic heterocycles. The molecule has 0 N–H and O–H groups in total. The van der Waals surface area contributed by atoms with E-state index in [-0.39, 0.29) is 5.54 Å². The predicted molar refractivity (Wildman–Crippen MR) is 111 cm³/mol. The van der Waals surface area contributed by atoms with Crippen molar-refractivity contribution in [1.82, 2.24) is 4.90 Å². The van der Waals surface area contributed by atoms with Crippen molar-refractivity contribution in [2.75, 3.05) is 0 Å². The van der Waals surface area contributed by atoms with Crippen LogP contribution in [0, 0.1) is 0 Å². The number of benzene rings is 3. The molecule has 1 fully saturated rings. The Bertz CT molecular complexity index is 815. The van der Waals surface area contributed by atoms with Crippen LogP contribution in [0.1, 0.15) is 30.5 Å². The van der Waals surface area contributed by atoms with Gasteiger partial charge in [0.25, 0.3) is 0 Å². The maximum atomic E-state index is 2.72. The molecule has 2 atom stereocenters. The molecular weight excluding hydrogens is 381 g/mol. The molecule has 1 saturated heterocycles. The van der Waals surface area contributed by atoms with Crippen LogP contribution in [-0.2, 0) is 6.54 Å². The zero-order valence-electron chi connectivity index (χ0n) is 15.2. The standard InChI is InChI=1S/C24H25NSe/c1-24(19-26-22-15-9-4-10-16-22)17-23(21-13-7-3-8-14-21)25(24)18-20-11-5-2-6-12-20/h2-16,23H,17-19H2,1H3/t23-,24+/m1/s1. The SMILES string of the molecule is C[C@@]1(C[Se]c2ccccc2)C[C@H](c2ccccc2)N1Cc1ccccc1. The van der Waals surface area contributed by atoms with E-state index in [1.54, 1.807) is 0 Å². The second kappa shape index (κ2) is 7.80. The van der Waals surface area contributed by atoms with Crippen molar-refractivity contribution >= 4 is 19.4 Å². The van der Waals surface area contributed by atoms with Gasteiger partial charge in [0.2, 0.25) is 0 Å². The van der Waals surface area contributed by atoms with Gasteiger partial charge in [-0.25, -0.2) is 0 Å². The van der Waals surface area contributed by atoms with Crippen LogP contribution in [-0.4, -0.2) is 25.4 Å². The Morgan fingerprint density at radius 2 is 1.42 bits per heavy atom. The van der Waals surface area contributed by atoms with E-state index in [1.165, 1.54) is 27.3 Å². The third-order valence-electron chi connectivity index (χ3n) is 5.38. The normalized spacial score (nSPS) is 22.7. The van der Waals surface area contributed by atoms with Crippen molar-refractivity contribution in [3.8, 4) is 0 Å². The van der Waals surface area contributed by atoms with Crippen LogP contribution in [0.15, 0.2) is 91.0 Å². The van der Waals surface area contributed by atoms with Crippen LogP contribution >= 0.6 is 0 Å². The van der Waals surface area contributed by atoms with Crippen molar-refractivity contribution in [2.24, 2.45) is 0 Å².